The van der Waals surface area contributed by atoms with Gasteiger partial charge < -0.3 is 0 Å². The first-order chi connectivity index (χ1) is 13.5. The second-order valence-electron chi connectivity index (χ2n) is 8.49. The van der Waals surface area contributed by atoms with Crippen LogP contribution in [0.5, 0.6) is 0 Å². The minimum absolute atomic E-state index is 0.408. The lowest BCUT2D eigenvalue weighted by atomic mass is 9.75. The summed E-state index contributed by atoms with van der Waals surface area (Å²) in [6.45, 7) is 9.03. The summed E-state index contributed by atoms with van der Waals surface area (Å²) in [6, 6.07) is 22.5. The summed E-state index contributed by atoms with van der Waals surface area (Å²) < 4.78 is 0. The molecule has 0 saturated carbocycles. The van der Waals surface area contributed by atoms with Crippen LogP contribution in [0, 0.1) is 13.8 Å². The third-order valence-electron chi connectivity index (χ3n) is 6.55. The van der Waals surface area contributed by atoms with E-state index in [0.29, 0.717) is 11.8 Å². The summed E-state index contributed by atoms with van der Waals surface area (Å²) in [7, 11) is 0. The molecule has 0 fully saturated rings. The Morgan fingerprint density at radius 2 is 1.32 bits per heavy atom. The Morgan fingerprint density at radius 1 is 0.607 bits per heavy atom. The van der Waals surface area contributed by atoms with Gasteiger partial charge in [-0.3, -0.25) is 0 Å². The summed E-state index contributed by atoms with van der Waals surface area (Å²) in [4.78, 5) is 0. The van der Waals surface area contributed by atoms with Gasteiger partial charge in [0, 0.05) is 11.8 Å². The van der Waals surface area contributed by atoms with E-state index in [4.69, 9.17) is 0 Å². The number of benzene rings is 3. The zero-order valence-corrected chi connectivity index (χ0v) is 17.1. The summed E-state index contributed by atoms with van der Waals surface area (Å²) in [6.07, 6.45) is 4.79. The van der Waals surface area contributed by atoms with E-state index in [0.717, 1.165) is 0 Å². The number of hydrogen-bond donors (Lipinski definition) is 0. The topological polar surface area (TPSA) is 0 Å². The SMILES string of the molecule is CC1=Cc2ccccc2C1C1C(C)=Cc2cccc(-c3cc(C)ccc3C)c21. The molecule has 0 aromatic heterocycles. The Hall–Kier alpha value is -2.86. The zero-order chi connectivity index (χ0) is 19.4. The summed E-state index contributed by atoms with van der Waals surface area (Å²) in [5, 5.41) is 0. The first-order valence-corrected chi connectivity index (χ1v) is 10.2. The van der Waals surface area contributed by atoms with Crippen LogP contribution in [0.15, 0.2) is 71.8 Å². The molecule has 0 radical (unpaired) electrons. The van der Waals surface area contributed by atoms with Crippen LogP contribution in [-0.4, -0.2) is 0 Å². The van der Waals surface area contributed by atoms with Crippen LogP contribution in [0.25, 0.3) is 23.3 Å². The van der Waals surface area contributed by atoms with Gasteiger partial charge in [-0.15, -0.1) is 0 Å². The third-order valence-corrected chi connectivity index (χ3v) is 6.55. The monoisotopic (exact) mass is 362 g/mol. The molecule has 0 heterocycles. The molecule has 2 aliphatic rings. The predicted molar refractivity (Wildman–Crippen MR) is 121 cm³/mol. The van der Waals surface area contributed by atoms with Gasteiger partial charge in [0.1, 0.15) is 0 Å². The number of hydrogen-bond acceptors (Lipinski definition) is 0. The fraction of sp³-hybridized carbons (Fsp3) is 0.214. The summed E-state index contributed by atoms with van der Waals surface area (Å²) in [5.74, 6) is 0.839. The molecule has 0 nitrogen and oxygen atoms in total. The molecule has 28 heavy (non-hydrogen) atoms. The fourth-order valence-corrected chi connectivity index (χ4v) is 5.26. The normalized spacial score (nSPS) is 19.9. The molecule has 0 spiro atoms. The number of fused-ring (bicyclic) bond motifs is 2. The number of rotatable bonds is 2. The Labute approximate surface area is 168 Å². The molecular formula is C28H26. The van der Waals surface area contributed by atoms with E-state index in [9.17, 15) is 0 Å². The molecule has 0 aliphatic heterocycles. The maximum absolute atomic E-state index is 2.41. The molecule has 3 aromatic carbocycles. The first-order valence-electron chi connectivity index (χ1n) is 10.2. The molecule has 2 atom stereocenters. The smallest absolute Gasteiger partial charge is 0.0167 e. The number of aryl methyl sites for hydroxylation is 2. The van der Waals surface area contributed by atoms with Crippen molar-refractivity contribution in [3.8, 4) is 11.1 Å². The van der Waals surface area contributed by atoms with Crippen LogP contribution >= 0.6 is 0 Å². The molecule has 0 saturated heterocycles. The average Bonchev–Trinajstić information content (AvgIpc) is 3.18. The van der Waals surface area contributed by atoms with Gasteiger partial charge in [0.05, 0.1) is 0 Å². The first kappa shape index (κ1) is 17.3. The molecule has 2 aliphatic carbocycles. The maximum Gasteiger partial charge on any atom is 0.0167 e. The molecule has 0 heteroatoms. The highest BCUT2D eigenvalue weighted by molar-refractivity contribution is 5.82. The van der Waals surface area contributed by atoms with Crippen molar-refractivity contribution < 1.29 is 0 Å². The number of allylic oxidation sites excluding steroid dienone is 2. The van der Waals surface area contributed by atoms with Gasteiger partial charge >= 0.3 is 0 Å². The van der Waals surface area contributed by atoms with Crippen LogP contribution < -0.4 is 0 Å². The Kier molecular flexibility index (Phi) is 3.91. The second kappa shape index (κ2) is 6.34. The Balaban J connectivity index is 1.73. The molecule has 0 bridgehead atoms. The Morgan fingerprint density at radius 3 is 2.18 bits per heavy atom. The van der Waals surface area contributed by atoms with Crippen molar-refractivity contribution in [1.29, 1.82) is 0 Å². The van der Waals surface area contributed by atoms with E-state index in [1.165, 1.54) is 55.7 Å². The van der Waals surface area contributed by atoms with Crippen molar-refractivity contribution in [3.05, 3.63) is 105 Å². The van der Waals surface area contributed by atoms with Crippen molar-refractivity contribution in [2.75, 3.05) is 0 Å². The quantitative estimate of drug-likeness (QED) is 0.439. The highest BCUT2D eigenvalue weighted by Crippen LogP contribution is 2.54. The van der Waals surface area contributed by atoms with E-state index in [1.807, 2.05) is 0 Å². The van der Waals surface area contributed by atoms with Crippen molar-refractivity contribution in [2.45, 2.75) is 39.5 Å². The average molecular weight is 363 g/mol. The second-order valence-corrected chi connectivity index (χ2v) is 8.49. The van der Waals surface area contributed by atoms with Crippen molar-refractivity contribution >= 4 is 12.2 Å². The van der Waals surface area contributed by atoms with Crippen LogP contribution in [0.2, 0.25) is 0 Å². The van der Waals surface area contributed by atoms with Crippen molar-refractivity contribution in [1.82, 2.24) is 0 Å². The molecular weight excluding hydrogens is 336 g/mol. The van der Waals surface area contributed by atoms with Crippen molar-refractivity contribution in [2.24, 2.45) is 0 Å². The lowest BCUT2D eigenvalue weighted by Crippen LogP contribution is -2.11. The molecule has 138 valence electrons. The van der Waals surface area contributed by atoms with Crippen LogP contribution in [0.3, 0.4) is 0 Å². The molecule has 3 aromatic rings. The van der Waals surface area contributed by atoms with E-state index >= 15 is 0 Å². The van der Waals surface area contributed by atoms with Gasteiger partial charge in [0.25, 0.3) is 0 Å². The molecule has 2 unspecified atom stereocenters. The largest absolute Gasteiger partial charge is 0.0643 e. The van der Waals surface area contributed by atoms with Gasteiger partial charge in [-0.2, -0.15) is 0 Å². The van der Waals surface area contributed by atoms with Gasteiger partial charge in [-0.05, 0) is 66.6 Å². The molecule has 5 rings (SSSR count). The van der Waals surface area contributed by atoms with Crippen molar-refractivity contribution in [3.63, 3.8) is 0 Å². The predicted octanol–water partition coefficient (Wildman–Crippen LogP) is 7.67. The van der Waals surface area contributed by atoms with E-state index < -0.39 is 0 Å². The maximum atomic E-state index is 2.41. The van der Waals surface area contributed by atoms with Gasteiger partial charge in [0.15, 0.2) is 0 Å². The van der Waals surface area contributed by atoms with Crippen LogP contribution in [-0.2, 0) is 0 Å². The molecule has 0 N–H and O–H groups in total. The van der Waals surface area contributed by atoms with Gasteiger partial charge in [-0.25, -0.2) is 0 Å². The fourth-order valence-electron chi connectivity index (χ4n) is 5.26. The van der Waals surface area contributed by atoms with E-state index in [2.05, 4.69) is 101 Å². The summed E-state index contributed by atoms with van der Waals surface area (Å²) in [5.41, 5.74) is 14.1. The minimum atomic E-state index is 0.408. The van der Waals surface area contributed by atoms with E-state index in [1.54, 1.807) is 0 Å². The Bertz CT molecular complexity index is 1160. The highest BCUT2D eigenvalue weighted by Gasteiger charge is 2.37. The van der Waals surface area contributed by atoms with Gasteiger partial charge in [-0.1, -0.05) is 89.5 Å². The van der Waals surface area contributed by atoms with E-state index in [-0.39, 0.29) is 0 Å². The minimum Gasteiger partial charge on any atom is -0.0643 e. The van der Waals surface area contributed by atoms with Gasteiger partial charge in [0.2, 0.25) is 0 Å². The van der Waals surface area contributed by atoms with Crippen LogP contribution in [0.4, 0.5) is 0 Å². The zero-order valence-electron chi connectivity index (χ0n) is 17.1. The lowest BCUT2D eigenvalue weighted by Gasteiger charge is -2.27. The third kappa shape index (κ3) is 2.52. The highest BCUT2D eigenvalue weighted by atomic mass is 14.4. The lowest BCUT2D eigenvalue weighted by molar-refractivity contribution is 0.693. The summed E-state index contributed by atoms with van der Waals surface area (Å²) >= 11 is 0. The standard InChI is InChI=1S/C28H26/c1-17-12-13-18(2)25(14-17)24-11-7-9-22-16-20(4)27(28(22)24)26-19(3)15-21-8-5-6-10-23(21)26/h5-16,26-27H,1-4H3. The van der Waals surface area contributed by atoms with Crippen LogP contribution in [0.1, 0.15) is 59.1 Å². The molecule has 0 amide bonds.